The molecule has 4 aromatic carbocycles. The number of aliphatic hydroxyl groups excluding tert-OH is 1. The maximum absolute atomic E-state index is 13.2. The van der Waals surface area contributed by atoms with Gasteiger partial charge >= 0.3 is 12.1 Å². The van der Waals surface area contributed by atoms with Gasteiger partial charge in [0.1, 0.15) is 17.7 Å². The van der Waals surface area contributed by atoms with Crippen LogP contribution >= 0.6 is 11.8 Å². The molecule has 5 aromatic rings. The van der Waals surface area contributed by atoms with Crippen LogP contribution in [0.15, 0.2) is 126 Å². The number of carboxylic acids is 1. The molecule has 286 valence electrons. The van der Waals surface area contributed by atoms with Gasteiger partial charge in [-0.3, -0.25) is 14.5 Å². The summed E-state index contributed by atoms with van der Waals surface area (Å²) in [6, 6.07) is 34.1. The highest BCUT2D eigenvalue weighted by atomic mass is 32.2. The van der Waals surface area contributed by atoms with Gasteiger partial charge in [0.25, 0.3) is 5.91 Å². The molecule has 3 heterocycles. The molecule has 0 radical (unpaired) electrons. The topological polar surface area (TPSA) is 165 Å². The average molecular weight is 774 g/mol. The van der Waals surface area contributed by atoms with Gasteiger partial charge in [-0.2, -0.15) is 0 Å². The minimum atomic E-state index is -1.05. The summed E-state index contributed by atoms with van der Waals surface area (Å²) in [6.45, 7) is 0.00142. The average Bonchev–Trinajstić information content (AvgIpc) is 3.49. The fraction of sp³-hybridized carbons (Fsp3) is 0.233. The summed E-state index contributed by atoms with van der Waals surface area (Å²) >= 11 is 1.32. The van der Waals surface area contributed by atoms with E-state index in [4.69, 9.17) is 14.2 Å². The Morgan fingerprint density at radius 2 is 1.59 bits per heavy atom. The van der Waals surface area contributed by atoms with Crippen molar-refractivity contribution in [3.05, 3.63) is 155 Å². The monoisotopic (exact) mass is 773 g/mol. The lowest BCUT2D eigenvalue weighted by atomic mass is 9.99. The van der Waals surface area contributed by atoms with Crippen LogP contribution in [0, 0.1) is 0 Å². The van der Waals surface area contributed by atoms with Gasteiger partial charge in [0.05, 0.1) is 37.3 Å². The number of aromatic nitrogens is 1. The fourth-order valence-electron chi connectivity index (χ4n) is 6.63. The number of pyridine rings is 1. The highest BCUT2D eigenvalue weighted by Crippen LogP contribution is 2.40. The number of carboxylic acid groups (broad SMARTS) is 1. The first-order chi connectivity index (χ1) is 27.2. The maximum atomic E-state index is 13.2. The van der Waals surface area contributed by atoms with Crippen molar-refractivity contribution in [2.75, 3.05) is 5.75 Å². The Bertz CT molecular complexity index is 2200. The number of thioether (sulfide) groups is 1. The van der Waals surface area contributed by atoms with Gasteiger partial charge in [-0.15, -0.1) is 11.8 Å². The van der Waals surface area contributed by atoms with Crippen LogP contribution in [0.25, 0.3) is 11.1 Å². The summed E-state index contributed by atoms with van der Waals surface area (Å²) in [5, 5.41) is 22.2. The number of amides is 3. The first-order valence-electron chi connectivity index (χ1n) is 18.1. The molecule has 2 aliphatic heterocycles. The van der Waals surface area contributed by atoms with Crippen LogP contribution in [0.4, 0.5) is 4.79 Å². The number of imide groups is 1. The number of hydrogen-bond acceptors (Lipinski definition) is 10. The van der Waals surface area contributed by atoms with E-state index in [1.54, 1.807) is 12.3 Å². The molecule has 4 unspecified atom stereocenters. The van der Waals surface area contributed by atoms with E-state index in [2.05, 4.69) is 10.3 Å². The number of rotatable bonds is 13. The molecule has 4 atom stereocenters. The predicted octanol–water partition coefficient (Wildman–Crippen LogP) is 6.83. The number of benzene rings is 4. The highest BCUT2D eigenvalue weighted by molar-refractivity contribution is 7.99. The summed E-state index contributed by atoms with van der Waals surface area (Å²) < 4.78 is 18.3. The van der Waals surface area contributed by atoms with E-state index in [-0.39, 0.29) is 44.0 Å². The fourth-order valence-corrected chi connectivity index (χ4v) is 7.63. The van der Waals surface area contributed by atoms with E-state index in [1.807, 2.05) is 103 Å². The van der Waals surface area contributed by atoms with E-state index in [0.717, 1.165) is 43.8 Å². The zero-order valence-corrected chi connectivity index (χ0v) is 31.0. The van der Waals surface area contributed by atoms with Crippen LogP contribution in [0.1, 0.15) is 63.4 Å². The van der Waals surface area contributed by atoms with Crippen LogP contribution < -0.4 is 5.32 Å². The predicted molar refractivity (Wildman–Crippen MR) is 206 cm³/mol. The second kappa shape index (κ2) is 17.7. The summed E-state index contributed by atoms with van der Waals surface area (Å²) in [7, 11) is 0. The third kappa shape index (κ3) is 9.32. The minimum absolute atomic E-state index is 0.0350. The number of aliphatic hydroxyl groups is 1. The molecule has 7 rings (SSSR count). The Hall–Kier alpha value is -5.86. The van der Waals surface area contributed by atoms with Gasteiger partial charge in [0, 0.05) is 23.9 Å². The van der Waals surface area contributed by atoms with Gasteiger partial charge in [-0.05, 0) is 57.6 Å². The molecule has 13 heteroatoms. The number of carbonyl (C=O) groups is 4. The smallest absolute Gasteiger partial charge is 0.408 e. The molecule has 3 N–H and O–H groups in total. The van der Waals surface area contributed by atoms with Crippen molar-refractivity contribution in [3.63, 3.8) is 0 Å². The number of ether oxygens (including phenoxy) is 3. The summed E-state index contributed by atoms with van der Waals surface area (Å²) in [5.41, 5.74) is 5.83. The van der Waals surface area contributed by atoms with Crippen molar-refractivity contribution < 1.29 is 43.6 Å². The highest BCUT2D eigenvalue weighted by Gasteiger charge is 2.40. The van der Waals surface area contributed by atoms with Gasteiger partial charge in [0.2, 0.25) is 5.91 Å². The Labute approximate surface area is 327 Å². The maximum Gasteiger partial charge on any atom is 0.408 e. The Balaban J connectivity index is 1.04. The Kier molecular flexibility index (Phi) is 12.2. The van der Waals surface area contributed by atoms with E-state index in [9.17, 15) is 29.4 Å². The van der Waals surface area contributed by atoms with Crippen molar-refractivity contribution in [1.82, 2.24) is 15.2 Å². The number of nitrogens with one attached hydrogen (secondary N) is 1. The molecule has 1 aromatic heterocycles. The number of aromatic carboxylic acids is 1. The number of nitrogens with zero attached hydrogens (tertiary/aromatic N) is 2. The molecular formula is C43H39N3O9S. The van der Waals surface area contributed by atoms with Crippen molar-refractivity contribution in [1.29, 1.82) is 0 Å². The standard InChI is InChI=1S/C43H39N3O9S/c47-24-27-14-16-30(17-15-27)37-21-34(26-56-39-35(41(50)51)13-6-18-44-39)54-42(55-37)33-12-5-11-32(20-33)31-10-4-9-29(19-31)23-46-38(48)22-36(40(46)49)45-43(52)53-25-28-7-2-1-3-8-28/h1-20,34,36-37,42,47H,21-26H2,(H,45,52)(H,50,51). The van der Waals surface area contributed by atoms with Crippen molar-refractivity contribution in [3.8, 4) is 11.1 Å². The van der Waals surface area contributed by atoms with Crippen molar-refractivity contribution >= 4 is 35.6 Å². The normalized spacial score (nSPS) is 19.5. The van der Waals surface area contributed by atoms with Gasteiger partial charge < -0.3 is 29.7 Å². The zero-order valence-electron chi connectivity index (χ0n) is 30.2. The third-order valence-corrected chi connectivity index (χ3v) is 10.7. The number of likely N-dealkylation sites (tertiary alicyclic amines) is 1. The summed E-state index contributed by atoms with van der Waals surface area (Å²) in [5.74, 6) is -1.51. The molecule has 0 bridgehead atoms. The summed E-state index contributed by atoms with van der Waals surface area (Å²) in [6.07, 6.45) is -0.277. The molecule has 56 heavy (non-hydrogen) atoms. The largest absolute Gasteiger partial charge is 0.478 e. The number of hydrogen-bond donors (Lipinski definition) is 3. The van der Waals surface area contributed by atoms with Gasteiger partial charge in [0.15, 0.2) is 6.29 Å². The lowest BCUT2D eigenvalue weighted by Crippen LogP contribution is -2.41. The quantitative estimate of drug-likeness (QED) is 0.0849. The molecule has 2 saturated heterocycles. The van der Waals surface area contributed by atoms with Crippen LogP contribution in [-0.4, -0.2) is 61.9 Å². The van der Waals surface area contributed by atoms with Crippen LogP contribution in [0.2, 0.25) is 0 Å². The number of alkyl carbamates (subject to hydrolysis) is 1. The lowest BCUT2D eigenvalue weighted by Gasteiger charge is -2.36. The van der Waals surface area contributed by atoms with Gasteiger partial charge in [-0.1, -0.05) is 91.0 Å². The third-order valence-electron chi connectivity index (χ3n) is 9.53. The van der Waals surface area contributed by atoms with E-state index in [1.165, 1.54) is 17.8 Å². The molecule has 12 nitrogen and oxygen atoms in total. The van der Waals surface area contributed by atoms with Crippen LogP contribution in [0.5, 0.6) is 0 Å². The molecule has 0 saturated carbocycles. The molecule has 0 spiro atoms. The second-order valence-corrected chi connectivity index (χ2v) is 14.4. The summed E-state index contributed by atoms with van der Waals surface area (Å²) in [4.78, 5) is 55.9. The first kappa shape index (κ1) is 38.4. The number of carbonyl (C=O) groups excluding carboxylic acids is 3. The molecule has 2 aliphatic rings. The van der Waals surface area contributed by atoms with Crippen molar-refractivity contribution in [2.24, 2.45) is 0 Å². The SMILES string of the molecule is O=C(NC1CC(=O)N(Cc2cccc(-c3cccc(C4OC(CSc5ncccc5C(=O)O)CC(c5ccc(CO)cc5)O4)c3)c2)C1=O)OCc1ccccc1. The first-order valence-corrected chi connectivity index (χ1v) is 19.0. The van der Waals surface area contributed by atoms with Crippen molar-refractivity contribution in [2.45, 2.75) is 62.2 Å². The van der Waals surface area contributed by atoms with Crippen LogP contribution in [0.3, 0.4) is 0 Å². The van der Waals surface area contributed by atoms with Gasteiger partial charge in [-0.25, -0.2) is 14.6 Å². The zero-order chi connectivity index (χ0) is 39.0. The van der Waals surface area contributed by atoms with E-state index >= 15 is 0 Å². The van der Waals surface area contributed by atoms with Crippen LogP contribution in [-0.2, 0) is 43.6 Å². The minimum Gasteiger partial charge on any atom is -0.478 e. The van der Waals surface area contributed by atoms with E-state index in [0.29, 0.717) is 17.2 Å². The van der Waals surface area contributed by atoms with E-state index < -0.39 is 36.2 Å². The molecular weight excluding hydrogens is 735 g/mol. The lowest BCUT2D eigenvalue weighted by molar-refractivity contribution is -0.245. The molecule has 0 aliphatic carbocycles. The molecule has 3 amide bonds. The molecule has 2 fully saturated rings. The Morgan fingerprint density at radius 3 is 2.36 bits per heavy atom. The Morgan fingerprint density at radius 1 is 0.839 bits per heavy atom. The second-order valence-electron chi connectivity index (χ2n) is 13.4.